The maximum atomic E-state index is 9.82. The summed E-state index contributed by atoms with van der Waals surface area (Å²) in [6, 6.07) is 8.63. The van der Waals surface area contributed by atoms with E-state index in [1.807, 2.05) is 19.1 Å². The van der Waals surface area contributed by atoms with Gasteiger partial charge in [-0.3, -0.25) is 0 Å². The molecule has 0 radical (unpaired) electrons. The molecule has 0 fully saturated rings. The van der Waals surface area contributed by atoms with E-state index in [0.29, 0.717) is 35.0 Å². The van der Waals surface area contributed by atoms with Crippen LogP contribution < -0.4 is 9.47 Å². The van der Waals surface area contributed by atoms with E-state index in [2.05, 4.69) is 0 Å². The number of fused-ring (bicyclic) bond motifs is 2. The monoisotopic (exact) mass is 244 g/mol. The Morgan fingerprint density at radius 2 is 1.67 bits per heavy atom. The van der Waals surface area contributed by atoms with Crippen LogP contribution in [0.1, 0.15) is 12.5 Å². The van der Waals surface area contributed by atoms with E-state index in [1.165, 1.54) is 6.07 Å². The first-order chi connectivity index (χ1) is 8.70. The number of rotatable bonds is 1. The van der Waals surface area contributed by atoms with Crippen molar-refractivity contribution in [2.24, 2.45) is 0 Å². The molecule has 1 aliphatic rings. The number of phenolic OH excluding ortho intramolecular Hbond substituents is 2. The highest BCUT2D eigenvalue weighted by molar-refractivity contribution is 5.64. The molecule has 0 saturated carbocycles. The van der Waals surface area contributed by atoms with Crippen LogP contribution in [0.5, 0.6) is 34.5 Å². The second-order valence-corrected chi connectivity index (χ2v) is 4.05. The molecule has 0 bridgehead atoms. The molecule has 0 amide bonds. The Kier molecular flexibility index (Phi) is 2.30. The van der Waals surface area contributed by atoms with E-state index in [4.69, 9.17) is 9.47 Å². The van der Waals surface area contributed by atoms with E-state index in [0.717, 1.165) is 0 Å². The van der Waals surface area contributed by atoms with Gasteiger partial charge in [0.1, 0.15) is 0 Å². The Bertz CT molecular complexity index is 619. The Hall–Kier alpha value is -2.36. The van der Waals surface area contributed by atoms with Gasteiger partial charge in [-0.2, -0.15) is 0 Å². The summed E-state index contributed by atoms with van der Waals surface area (Å²) >= 11 is 0. The van der Waals surface area contributed by atoms with E-state index in [9.17, 15) is 10.2 Å². The van der Waals surface area contributed by atoms with Crippen LogP contribution in [0.15, 0.2) is 30.3 Å². The maximum Gasteiger partial charge on any atom is 0.177 e. The van der Waals surface area contributed by atoms with Crippen molar-refractivity contribution in [3.05, 3.63) is 35.9 Å². The molecular formula is C14H12O4. The van der Waals surface area contributed by atoms with Gasteiger partial charge < -0.3 is 19.7 Å². The van der Waals surface area contributed by atoms with Crippen molar-refractivity contribution in [3.8, 4) is 34.5 Å². The van der Waals surface area contributed by atoms with Gasteiger partial charge in [0.15, 0.2) is 34.5 Å². The molecule has 4 nitrogen and oxygen atoms in total. The minimum atomic E-state index is -0.200. The molecule has 0 saturated heterocycles. The fourth-order valence-corrected chi connectivity index (χ4v) is 2.03. The van der Waals surface area contributed by atoms with Gasteiger partial charge in [-0.05, 0) is 18.6 Å². The average Bonchev–Trinajstić information content (AvgIpc) is 2.38. The topological polar surface area (TPSA) is 58.9 Å². The molecule has 0 aromatic heterocycles. The zero-order valence-corrected chi connectivity index (χ0v) is 9.80. The van der Waals surface area contributed by atoms with Gasteiger partial charge in [-0.25, -0.2) is 0 Å². The van der Waals surface area contributed by atoms with Gasteiger partial charge in [0.05, 0.1) is 0 Å². The number of benzene rings is 2. The van der Waals surface area contributed by atoms with Gasteiger partial charge >= 0.3 is 0 Å². The van der Waals surface area contributed by atoms with Crippen LogP contribution in [0.25, 0.3) is 0 Å². The highest BCUT2D eigenvalue weighted by Crippen LogP contribution is 2.51. The van der Waals surface area contributed by atoms with Crippen LogP contribution >= 0.6 is 0 Å². The average molecular weight is 244 g/mol. The Morgan fingerprint density at radius 1 is 1.00 bits per heavy atom. The summed E-state index contributed by atoms with van der Waals surface area (Å²) in [6.07, 6.45) is 0.536. The highest BCUT2D eigenvalue weighted by Gasteiger charge is 2.25. The van der Waals surface area contributed by atoms with Gasteiger partial charge in [-0.15, -0.1) is 0 Å². The molecule has 2 N–H and O–H groups in total. The van der Waals surface area contributed by atoms with Crippen molar-refractivity contribution in [2.75, 3.05) is 0 Å². The van der Waals surface area contributed by atoms with Crippen LogP contribution in [0, 0.1) is 0 Å². The zero-order chi connectivity index (χ0) is 12.7. The van der Waals surface area contributed by atoms with Crippen LogP contribution in [-0.2, 0) is 6.42 Å². The lowest BCUT2D eigenvalue weighted by atomic mass is 10.1. The van der Waals surface area contributed by atoms with Crippen LogP contribution in [0.4, 0.5) is 0 Å². The molecule has 18 heavy (non-hydrogen) atoms. The normalized spacial score (nSPS) is 12.1. The molecule has 3 rings (SSSR count). The van der Waals surface area contributed by atoms with E-state index in [1.54, 1.807) is 12.1 Å². The smallest absolute Gasteiger partial charge is 0.177 e. The summed E-state index contributed by atoms with van der Waals surface area (Å²) in [5.74, 6) is 1.72. The van der Waals surface area contributed by atoms with Gasteiger partial charge in [0, 0.05) is 11.6 Å². The number of aromatic hydroxyl groups is 2. The Morgan fingerprint density at radius 3 is 2.33 bits per heavy atom. The first kappa shape index (κ1) is 10.8. The molecular weight excluding hydrogens is 232 g/mol. The van der Waals surface area contributed by atoms with Crippen LogP contribution in [0.2, 0.25) is 0 Å². The van der Waals surface area contributed by atoms with E-state index >= 15 is 0 Å². The first-order valence-corrected chi connectivity index (χ1v) is 5.73. The molecule has 0 aliphatic carbocycles. The van der Waals surface area contributed by atoms with Crippen molar-refractivity contribution in [3.63, 3.8) is 0 Å². The first-order valence-electron chi connectivity index (χ1n) is 5.73. The van der Waals surface area contributed by atoms with Crippen molar-refractivity contribution in [1.82, 2.24) is 0 Å². The molecule has 2 aromatic rings. The Labute approximate surface area is 104 Å². The fourth-order valence-electron chi connectivity index (χ4n) is 2.03. The predicted octanol–water partition coefficient (Wildman–Crippen LogP) is 3.56. The van der Waals surface area contributed by atoms with Gasteiger partial charge in [0.2, 0.25) is 0 Å². The van der Waals surface area contributed by atoms with Gasteiger partial charge in [0.25, 0.3) is 0 Å². The molecule has 2 aromatic carbocycles. The summed E-state index contributed by atoms with van der Waals surface area (Å²) in [5.41, 5.74) is 0.541. The molecule has 4 heteroatoms. The number of hydrogen-bond acceptors (Lipinski definition) is 4. The number of ether oxygens (including phenoxy) is 2. The lowest BCUT2D eigenvalue weighted by molar-refractivity contribution is 0.341. The fraction of sp³-hybridized carbons (Fsp3) is 0.143. The van der Waals surface area contributed by atoms with Crippen molar-refractivity contribution >= 4 is 0 Å². The number of hydrogen-bond donors (Lipinski definition) is 2. The second kappa shape index (κ2) is 3.84. The van der Waals surface area contributed by atoms with E-state index < -0.39 is 0 Å². The third kappa shape index (κ3) is 1.46. The minimum absolute atomic E-state index is 0.153. The molecule has 0 unspecified atom stereocenters. The zero-order valence-electron chi connectivity index (χ0n) is 9.80. The lowest BCUT2D eigenvalue weighted by Gasteiger charge is -2.23. The third-order valence-electron chi connectivity index (χ3n) is 2.93. The van der Waals surface area contributed by atoms with Crippen molar-refractivity contribution < 1.29 is 19.7 Å². The number of phenols is 2. The molecule has 0 spiro atoms. The molecule has 0 atom stereocenters. The van der Waals surface area contributed by atoms with E-state index in [-0.39, 0.29) is 11.5 Å². The summed E-state index contributed by atoms with van der Waals surface area (Å²) in [4.78, 5) is 0. The SMILES string of the molecule is CCc1c(O)c(O)cc2c1Oc1ccccc1O2. The molecule has 1 heterocycles. The Balaban J connectivity index is 2.18. The number of para-hydroxylation sites is 2. The largest absolute Gasteiger partial charge is 0.504 e. The summed E-state index contributed by atoms with van der Waals surface area (Å²) in [7, 11) is 0. The third-order valence-corrected chi connectivity index (χ3v) is 2.93. The quantitative estimate of drug-likeness (QED) is 0.642. The van der Waals surface area contributed by atoms with Crippen molar-refractivity contribution in [2.45, 2.75) is 13.3 Å². The lowest BCUT2D eigenvalue weighted by Crippen LogP contribution is -2.01. The minimum Gasteiger partial charge on any atom is -0.504 e. The van der Waals surface area contributed by atoms with Crippen molar-refractivity contribution in [1.29, 1.82) is 0 Å². The second-order valence-electron chi connectivity index (χ2n) is 4.05. The summed E-state index contributed by atoms with van der Waals surface area (Å²) in [6.45, 7) is 1.87. The predicted molar refractivity (Wildman–Crippen MR) is 65.7 cm³/mol. The van der Waals surface area contributed by atoms with Gasteiger partial charge in [-0.1, -0.05) is 19.1 Å². The molecule has 1 aliphatic heterocycles. The summed E-state index contributed by atoms with van der Waals surface area (Å²) < 4.78 is 11.4. The van der Waals surface area contributed by atoms with Crippen LogP contribution in [-0.4, -0.2) is 10.2 Å². The standard InChI is InChI=1S/C14H12O4/c1-2-8-13(16)9(15)7-12-14(8)18-11-6-4-3-5-10(11)17-12/h3-7,15-16H,2H2,1H3. The maximum absolute atomic E-state index is 9.82. The molecule has 92 valence electrons. The van der Waals surface area contributed by atoms with Crippen LogP contribution in [0.3, 0.4) is 0 Å². The summed E-state index contributed by atoms with van der Waals surface area (Å²) in [5, 5.41) is 19.5. The highest BCUT2D eigenvalue weighted by atomic mass is 16.6.